The number of benzene rings is 1. The summed E-state index contributed by atoms with van der Waals surface area (Å²) in [5.41, 5.74) is 1.65. The number of nitrogens with one attached hydrogen (secondary N) is 2. The topological polar surface area (TPSA) is 78.5 Å². The molecular formula is C18H23N3O3S. The van der Waals surface area contributed by atoms with Gasteiger partial charge in [0.2, 0.25) is 0 Å². The van der Waals surface area contributed by atoms with Crippen LogP contribution in [-0.4, -0.2) is 33.6 Å². The SMILES string of the molecule is CC1CCC2(CC1)NC(=O)N(NC(=O)[C@H](C)Sc1ccccc1)C2=O. The van der Waals surface area contributed by atoms with Crippen LogP contribution in [0.5, 0.6) is 0 Å². The van der Waals surface area contributed by atoms with Gasteiger partial charge in [-0.2, -0.15) is 5.01 Å². The van der Waals surface area contributed by atoms with Gasteiger partial charge in [0.25, 0.3) is 11.8 Å². The van der Waals surface area contributed by atoms with Crippen molar-refractivity contribution in [2.24, 2.45) is 5.92 Å². The summed E-state index contributed by atoms with van der Waals surface area (Å²) in [5.74, 6) is -0.144. The van der Waals surface area contributed by atoms with E-state index in [2.05, 4.69) is 17.7 Å². The molecule has 0 aromatic heterocycles. The Morgan fingerprint density at radius 3 is 2.56 bits per heavy atom. The van der Waals surface area contributed by atoms with Crippen LogP contribution in [0.4, 0.5) is 4.79 Å². The highest BCUT2D eigenvalue weighted by Crippen LogP contribution is 2.35. The standard InChI is InChI=1S/C18H23N3O3S/c1-12-8-10-18(11-9-12)16(23)21(17(24)19-18)20-15(22)13(2)25-14-6-4-3-5-7-14/h3-7,12-13H,8-11H2,1-2H3,(H,19,24)(H,20,22)/t12?,13-,18?/m0/s1. The van der Waals surface area contributed by atoms with E-state index < -0.39 is 16.8 Å². The van der Waals surface area contributed by atoms with E-state index in [0.717, 1.165) is 22.7 Å². The first kappa shape index (κ1) is 17.8. The van der Waals surface area contributed by atoms with Gasteiger partial charge in [-0.3, -0.25) is 15.0 Å². The second kappa shape index (κ2) is 7.07. The molecule has 1 spiro atoms. The quantitative estimate of drug-likeness (QED) is 0.638. The number of thioether (sulfide) groups is 1. The molecule has 1 saturated carbocycles. The summed E-state index contributed by atoms with van der Waals surface area (Å²) >= 11 is 1.38. The molecule has 7 heteroatoms. The molecule has 25 heavy (non-hydrogen) atoms. The van der Waals surface area contributed by atoms with Gasteiger partial charge in [-0.25, -0.2) is 4.79 Å². The highest BCUT2D eigenvalue weighted by molar-refractivity contribution is 8.00. The van der Waals surface area contributed by atoms with E-state index in [1.165, 1.54) is 11.8 Å². The predicted octanol–water partition coefficient (Wildman–Crippen LogP) is 2.70. The van der Waals surface area contributed by atoms with Crippen LogP contribution in [-0.2, 0) is 9.59 Å². The van der Waals surface area contributed by atoms with Crippen LogP contribution in [0.2, 0.25) is 0 Å². The van der Waals surface area contributed by atoms with E-state index in [0.29, 0.717) is 18.8 Å². The molecule has 1 atom stereocenters. The van der Waals surface area contributed by atoms with Gasteiger partial charge >= 0.3 is 6.03 Å². The fourth-order valence-electron chi connectivity index (χ4n) is 3.27. The fraction of sp³-hybridized carbons (Fsp3) is 0.500. The van der Waals surface area contributed by atoms with Crippen molar-refractivity contribution in [1.82, 2.24) is 15.8 Å². The second-order valence-electron chi connectivity index (χ2n) is 6.88. The number of imide groups is 1. The molecule has 0 unspecified atom stereocenters. The first-order valence-corrected chi connectivity index (χ1v) is 9.48. The van der Waals surface area contributed by atoms with Gasteiger partial charge in [0.15, 0.2) is 0 Å². The normalized spacial score (nSPS) is 27.3. The molecule has 4 amide bonds. The van der Waals surface area contributed by atoms with E-state index in [1.54, 1.807) is 6.92 Å². The summed E-state index contributed by atoms with van der Waals surface area (Å²) in [4.78, 5) is 38.3. The summed E-state index contributed by atoms with van der Waals surface area (Å²) in [6.07, 6.45) is 3.04. The predicted molar refractivity (Wildman–Crippen MR) is 95.6 cm³/mol. The Morgan fingerprint density at radius 2 is 1.92 bits per heavy atom. The highest BCUT2D eigenvalue weighted by atomic mass is 32.2. The number of hydrazine groups is 1. The highest BCUT2D eigenvalue weighted by Gasteiger charge is 2.53. The number of carbonyl (C=O) groups is 3. The summed E-state index contributed by atoms with van der Waals surface area (Å²) in [6.45, 7) is 3.90. The van der Waals surface area contributed by atoms with Crippen molar-refractivity contribution in [2.45, 2.75) is 55.2 Å². The average Bonchev–Trinajstić information content (AvgIpc) is 2.83. The Morgan fingerprint density at radius 1 is 1.28 bits per heavy atom. The number of hydrogen-bond acceptors (Lipinski definition) is 4. The molecule has 134 valence electrons. The third-order valence-electron chi connectivity index (χ3n) is 4.94. The van der Waals surface area contributed by atoms with Crippen molar-refractivity contribution >= 4 is 29.6 Å². The molecule has 1 aromatic rings. The van der Waals surface area contributed by atoms with Crippen molar-refractivity contribution < 1.29 is 14.4 Å². The van der Waals surface area contributed by atoms with Gasteiger partial charge in [-0.1, -0.05) is 25.1 Å². The van der Waals surface area contributed by atoms with Crippen molar-refractivity contribution in [3.05, 3.63) is 30.3 Å². The van der Waals surface area contributed by atoms with Crippen LogP contribution in [0, 0.1) is 5.92 Å². The lowest BCUT2D eigenvalue weighted by molar-refractivity contribution is -0.139. The van der Waals surface area contributed by atoms with Gasteiger partial charge < -0.3 is 5.32 Å². The largest absolute Gasteiger partial charge is 0.344 e. The molecule has 0 bridgehead atoms. The number of carbonyl (C=O) groups excluding carboxylic acids is 3. The van der Waals surface area contributed by atoms with E-state index >= 15 is 0 Å². The van der Waals surface area contributed by atoms with Crippen molar-refractivity contribution in [3.8, 4) is 0 Å². The Bertz CT molecular complexity index is 671. The van der Waals surface area contributed by atoms with E-state index in [1.807, 2.05) is 30.3 Å². The Hall–Kier alpha value is -2.02. The van der Waals surface area contributed by atoms with E-state index in [9.17, 15) is 14.4 Å². The van der Waals surface area contributed by atoms with Crippen LogP contribution in [0.15, 0.2) is 35.2 Å². The Balaban J connectivity index is 1.63. The summed E-state index contributed by atoms with van der Waals surface area (Å²) < 4.78 is 0. The first-order valence-electron chi connectivity index (χ1n) is 8.60. The van der Waals surface area contributed by atoms with Gasteiger partial charge in [-0.15, -0.1) is 11.8 Å². The van der Waals surface area contributed by atoms with Crippen LogP contribution < -0.4 is 10.7 Å². The monoisotopic (exact) mass is 361 g/mol. The van der Waals surface area contributed by atoms with E-state index in [-0.39, 0.29) is 11.8 Å². The Kier molecular flexibility index (Phi) is 5.03. The fourth-order valence-corrected chi connectivity index (χ4v) is 4.16. The third-order valence-corrected chi connectivity index (χ3v) is 6.05. The molecule has 1 heterocycles. The molecular weight excluding hydrogens is 338 g/mol. The molecule has 1 aliphatic carbocycles. The number of rotatable bonds is 4. The third kappa shape index (κ3) is 3.66. The Labute approximate surface area is 151 Å². The molecule has 6 nitrogen and oxygen atoms in total. The van der Waals surface area contributed by atoms with Gasteiger partial charge in [-0.05, 0) is 50.7 Å². The van der Waals surface area contributed by atoms with Crippen LogP contribution in [0.25, 0.3) is 0 Å². The maximum absolute atomic E-state index is 12.7. The summed E-state index contributed by atoms with van der Waals surface area (Å²) in [7, 11) is 0. The van der Waals surface area contributed by atoms with E-state index in [4.69, 9.17) is 0 Å². The molecule has 2 fully saturated rings. The lowest BCUT2D eigenvalue weighted by Crippen LogP contribution is -2.52. The zero-order chi connectivity index (χ0) is 18.0. The number of amides is 4. The zero-order valence-electron chi connectivity index (χ0n) is 14.5. The number of nitrogens with zero attached hydrogens (tertiary/aromatic N) is 1. The smallest absolute Gasteiger partial charge is 0.322 e. The van der Waals surface area contributed by atoms with Gasteiger partial charge in [0.1, 0.15) is 5.54 Å². The number of hydrogen-bond donors (Lipinski definition) is 2. The zero-order valence-corrected chi connectivity index (χ0v) is 15.3. The molecule has 1 saturated heterocycles. The molecule has 1 aromatic carbocycles. The first-order chi connectivity index (χ1) is 11.9. The van der Waals surface area contributed by atoms with Crippen LogP contribution in [0.3, 0.4) is 0 Å². The minimum Gasteiger partial charge on any atom is -0.322 e. The van der Waals surface area contributed by atoms with Gasteiger partial charge in [0.05, 0.1) is 5.25 Å². The van der Waals surface area contributed by atoms with Gasteiger partial charge in [0, 0.05) is 4.90 Å². The maximum Gasteiger partial charge on any atom is 0.344 e. The summed E-state index contributed by atoms with van der Waals surface area (Å²) in [5, 5.41) is 3.24. The summed E-state index contributed by atoms with van der Waals surface area (Å²) in [6, 6.07) is 9.01. The molecule has 3 rings (SSSR count). The minimum atomic E-state index is -0.841. The molecule has 2 N–H and O–H groups in total. The van der Waals surface area contributed by atoms with Crippen LogP contribution >= 0.6 is 11.8 Å². The van der Waals surface area contributed by atoms with Crippen molar-refractivity contribution in [2.75, 3.05) is 0 Å². The lowest BCUT2D eigenvalue weighted by Gasteiger charge is -2.33. The second-order valence-corrected chi connectivity index (χ2v) is 8.30. The lowest BCUT2D eigenvalue weighted by atomic mass is 9.77. The van der Waals surface area contributed by atoms with Crippen molar-refractivity contribution in [1.29, 1.82) is 0 Å². The molecule has 1 aliphatic heterocycles. The van der Waals surface area contributed by atoms with Crippen molar-refractivity contribution in [3.63, 3.8) is 0 Å². The average molecular weight is 361 g/mol. The minimum absolute atomic E-state index is 0.338. The number of urea groups is 1. The molecule has 0 radical (unpaired) electrons. The van der Waals surface area contributed by atoms with Crippen LogP contribution in [0.1, 0.15) is 39.5 Å². The molecule has 2 aliphatic rings. The maximum atomic E-state index is 12.7.